The lowest BCUT2D eigenvalue weighted by Crippen LogP contribution is -2.30. The van der Waals surface area contributed by atoms with Crippen LogP contribution in [0.3, 0.4) is 0 Å². The van der Waals surface area contributed by atoms with Gasteiger partial charge in [0.05, 0.1) is 5.69 Å². The summed E-state index contributed by atoms with van der Waals surface area (Å²) in [6, 6.07) is 14.2. The number of hydrogen-bond donors (Lipinski definition) is 0. The minimum Gasteiger partial charge on any atom is -0.308 e. The SMILES string of the molecule is CCN(C(=O)c1snnc1C)c1ccc2ccccc2c1. The van der Waals surface area contributed by atoms with Gasteiger partial charge < -0.3 is 4.90 Å². The van der Waals surface area contributed by atoms with Crippen molar-refractivity contribution in [2.24, 2.45) is 0 Å². The highest BCUT2D eigenvalue weighted by atomic mass is 32.1. The van der Waals surface area contributed by atoms with E-state index in [9.17, 15) is 4.79 Å². The number of hydrogen-bond acceptors (Lipinski definition) is 4. The van der Waals surface area contributed by atoms with Crippen molar-refractivity contribution in [2.75, 3.05) is 11.4 Å². The third kappa shape index (κ3) is 2.52. The van der Waals surface area contributed by atoms with Crippen molar-refractivity contribution in [3.8, 4) is 0 Å². The molecule has 1 heterocycles. The number of fused-ring (bicyclic) bond motifs is 1. The van der Waals surface area contributed by atoms with E-state index in [1.807, 2.05) is 44.2 Å². The van der Waals surface area contributed by atoms with Crippen LogP contribution in [0.1, 0.15) is 22.3 Å². The first-order valence-electron chi connectivity index (χ1n) is 6.80. The van der Waals surface area contributed by atoms with E-state index >= 15 is 0 Å². The number of nitrogens with zero attached hydrogens (tertiary/aromatic N) is 3. The molecule has 2 aromatic carbocycles. The molecule has 0 aliphatic carbocycles. The molecule has 0 saturated carbocycles. The van der Waals surface area contributed by atoms with E-state index in [4.69, 9.17) is 0 Å². The lowest BCUT2D eigenvalue weighted by atomic mass is 10.1. The second-order valence-electron chi connectivity index (χ2n) is 4.77. The third-order valence-electron chi connectivity index (χ3n) is 3.45. The molecule has 0 fully saturated rings. The van der Waals surface area contributed by atoms with E-state index in [0.29, 0.717) is 17.1 Å². The zero-order valence-electron chi connectivity index (χ0n) is 11.9. The van der Waals surface area contributed by atoms with Gasteiger partial charge in [-0.25, -0.2) is 0 Å². The molecule has 1 amide bonds. The van der Waals surface area contributed by atoms with Crippen molar-refractivity contribution in [2.45, 2.75) is 13.8 Å². The minimum atomic E-state index is -0.0414. The highest BCUT2D eigenvalue weighted by molar-refractivity contribution is 7.08. The lowest BCUT2D eigenvalue weighted by Gasteiger charge is -2.20. The van der Waals surface area contributed by atoms with E-state index in [1.54, 1.807) is 4.90 Å². The van der Waals surface area contributed by atoms with Gasteiger partial charge in [-0.2, -0.15) is 0 Å². The molecule has 0 aliphatic heterocycles. The first-order valence-corrected chi connectivity index (χ1v) is 7.57. The zero-order valence-corrected chi connectivity index (χ0v) is 12.7. The second kappa shape index (κ2) is 5.61. The van der Waals surface area contributed by atoms with Crippen LogP contribution in [-0.4, -0.2) is 22.0 Å². The fraction of sp³-hybridized carbons (Fsp3) is 0.188. The number of aryl methyl sites for hydroxylation is 1. The topological polar surface area (TPSA) is 46.1 Å². The van der Waals surface area contributed by atoms with Gasteiger partial charge in [-0.3, -0.25) is 4.79 Å². The Kier molecular flexibility index (Phi) is 3.66. The smallest absolute Gasteiger partial charge is 0.271 e. The highest BCUT2D eigenvalue weighted by Gasteiger charge is 2.20. The second-order valence-corrected chi connectivity index (χ2v) is 5.52. The van der Waals surface area contributed by atoms with E-state index in [-0.39, 0.29) is 5.91 Å². The van der Waals surface area contributed by atoms with Gasteiger partial charge in [-0.1, -0.05) is 34.8 Å². The lowest BCUT2D eigenvalue weighted by molar-refractivity contribution is 0.0991. The van der Waals surface area contributed by atoms with Gasteiger partial charge in [0, 0.05) is 12.2 Å². The molecule has 21 heavy (non-hydrogen) atoms. The molecule has 3 aromatic rings. The van der Waals surface area contributed by atoms with Gasteiger partial charge in [-0.05, 0) is 48.3 Å². The van der Waals surface area contributed by atoms with Gasteiger partial charge in [0.25, 0.3) is 5.91 Å². The summed E-state index contributed by atoms with van der Waals surface area (Å²) in [7, 11) is 0. The van der Waals surface area contributed by atoms with Crippen LogP contribution in [-0.2, 0) is 0 Å². The standard InChI is InChI=1S/C16H15N3OS/c1-3-19(16(20)15-11(2)17-18-21-15)14-9-8-12-6-4-5-7-13(12)10-14/h4-10H,3H2,1-2H3. The average Bonchev–Trinajstić information content (AvgIpc) is 2.94. The molecular weight excluding hydrogens is 282 g/mol. The average molecular weight is 297 g/mol. The number of amides is 1. The van der Waals surface area contributed by atoms with Crippen LogP contribution in [0.4, 0.5) is 5.69 Å². The molecule has 0 aliphatic rings. The number of carbonyl (C=O) groups excluding carboxylic acids is 1. The first kappa shape index (κ1) is 13.7. The maximum absolute atomic E-state index is 12.7. The van der Waals surface area contributed by atoms with E-state index in [2.05, 4.69) is 21.7 Å². The van der Waals surface area contributed by atoms with Crippen molar-refractivity contribution in [3.05, 3.63) is 53.0 Å². The maximum Gasteiger partial charge on any atom is 0.271 e. The number of anilines is 1. The third-order valence-corrected chi connectivity index (χ3v) is 4.27. The summed E-state index contributed by atoms with van der Waals surface area (Å²) in [5.74, 6) is -0.0414. The molecule has 0 saturated heterocycles. The van der Waals surface area contributed by atoms with Gasteiger partial charge >= 0.3 is 0 Å². The molecule has 0 atom stereocenters. The number of rotatable bonds is 3. The van der Waals surface area contributed by atoms with Crippen molar-refractivity contribution < 1.29 is 4.79 Å². The normalized spacial score (nSPS) is 10.8. The predicted octanol–water partition coefficient (Wildman–Crippen LogP) is 3.67. The molecule has 0 bridgehead atoms. The summed E-state index contributed by atoms with van der Waals surface area (Å²) < 4.78 is 3.85. The Hall–Kier alpha value is -2.27. The summed E-state index contributed by atoms with van der Waals surface area (Å²) in [4.78, 5) is 15.0. The molecule has 0 N–H and O–H groups in total. The summed E-state index contributed by atoms with van der Waals surface area (Å²) in [6.07, 6.45) is 0. The molecule has 4 nitrogen and oxygen atoms in total. The Morgan fingerprint density at radius 3 is 2.62 bits per heavy atom. The summed E-state index contributed by atoms with van der Waals surface area (Å²) in [5.41, 5.74) is 1.58. The molecular formula is C16H15N3OS. The molecule has 0 radical (unpaired) electrons. The van der Waals surface area contributed by atoms with Crippen LogP contribution in [0, 0.1) is 6.92 Å². The molecule has 3 rings (SSSR count). The largest absolute Gasteiger partial charge is 0.308 e. The number of aromatic nitrogens is 2. The van der Waals surface area contributed by atoms with E-state index < -0.39 is 0 Å². The van der Waals surface area contributed by atoms with Gasteiger partial charge in [0.2, 0.25) is 0 Å². The Balaban J connectivity index is 2.02. The zero-order chi connectivity index (χ0) is 14.8. The molecule has 1 aromatic heterocycles. The van der Waals surface area contributed by atoms with Crippen LogP contribution in [0.5, 0.6) is 0 Å². The summed E-state index contributed by atoms with van der Waals surface area (Å²) >= 11 is 1.15. The van der Waals surface area contributed by atoms with Crippen LogP contribution < -0.4 is 4.90 Å². The van der Waals surface area contributed by atoms with Crippen molar-refractivity contribution in [3.63, 3.8) is 0 Å². The van der Waals surface area contributed by atoms with Gasteiger partial charge in [0.1, 0.15) is 4.88 Å². The van der Waals surface area contributed by atoms with Crippen molar-refractivity contribution in [1.82, 2.24) is 9.59 Å². The fourth-order valence-corrected chi connectivity index (χ4v) is 2.94. The molecule has 0 unspecified atom stereocenters. The van der Waals surface area contributed by atoms with Crippen LogP contribution in [0.15, 0.2) is 42.5 Å². The van der Waals surface area contributed by atoms with Crippen molar-refractivity contribution in [1.29, 1.82) is 0 Å². The summed E-state index contributed by atoms with van der Waals surface area (Å²) in [6.45, 7) is 4.39. The predicted molar refractivity (Wildman–Crippen MR) is 85.9 cm³/mol. The van der Waals surface area contributed by atoms with E-state index in [1.165, 1.54) is 5.39 Å². The Labute approximate surface area is 127 Å². The van der Waals surface area contributed by atoms with E-state index in [0.717, 1.165) is 22.6 Å². The van der Waals surface area contributed by atoms with Crippen molar-refractivity contribution >= 4 is 33.9 Å². The minimum absolute atomic E-state index is 0.0414. The monoisotopic (exact) mass is 297 g/mol. The number of benzene rings is 2. The summed E-state index contributed by atoms with van der Waals surface area (Å²) in [5, 5.41) is 6.21. The highest BCUT2D eigenvalue weighted by Crippen LogP contribution is 2.24. The van der Waals surface area contributed by atoms with Crippen LogP contribution >= 0.6 is 11.5 Å². The fourth-order valence-electron chi connectivity index (χ4n) is 2.34. The Morgan fingerprint density at radius 1 is 1.19 bits per heavy atom. The molecule has 0 spiro atoms. The number of carbonyl (C=O) groups is 1. The maximum atomic E-state index is 12.7. The van der Waals surface area contributed by atoms with Crippen LogP contribution in [0.25, 0.3) is 10.8 Å². The van der Waals surface area contributed by atoms with Crippen LogP contribution in [0.2, 0.25) is 0 Å². The molecule has 106 valence electrons. The molecule has 5 heteroatoms. The Bertz CT molecular complexity index is 797. The Morgan fingerprint density at radius 2 is 1.95 bits per heavy atom. The quantitative estimate of drug-likeness (QED) is 0.741. The van der Waals surface area contributed by atoms with Gasteiger partial charge in [0.15, 0.2) is 0 Å². The first-order chi connectivity index (χ1) is 10.2. The van der Waals surface area contributed by atoms with Gasteiger partial charge in [-0.15, -0.1) is 5.10 Å².